The third-order valence-electron chi connectivity index (χ3n) is 5.97. The summed E-state index contributed by atoms with van der Waals surface area (Å²) in [6.07, 6.45) is 7.60. The second-order valence-electron chi connectivity index (χ2n) is 8.38. The number of hydrogen-bond acceptors (Lipinski definition) is 3. The van der Waals surface area contributed by atoms with E-state index in [0.29, 0.717) is 0 Å². The maximum atomic E-state index is 13.4. The topological polar surface area (TPSA) is 23.6 Å². The Labute approximate surface area is 189 Å². The molecule has 0 fully saturated rings. The average molecular weight is 473 g/mol. The summed E-state index contributed by atoms with van der Waals surface area (Å²) >= 11 is -2.72. The van der Waals surface area contributed by atoms with Crippen molar-refractivity contribution in [3.8, 4) is 0 Å². The summed E-state index contributed by atoms with van der Waals surface area (Å²) in [5.41, 5.74) is 3.95. The van der Waals surface area contributed by atoms with Gasteiger partial charge in [0.05, 0.1) is 0 Å². The number of carbonyl (C=O) groups excluding carboxylic acids is 1. The fourth-order valence-corrected chi connectivity index (χ4v) is 10.8. The molecule has 2 aromatic carbocycles. The van der Waals surface area contributed by atoms with Crippen molar-refractivity contribution in [1.82, 2.24) is 0 Å². The molecule has 1 aliphatic heterocycles. The van der Waals surface area contributed by atoms with Crippen LogP contribution < -0.4 is 18.6 Å². The second-order valence-corrected chi connectivity index (χ2v) is 17.5. The predicted octanol–water partition coefficient (Wildman–Crippen LogP) is 4.41. The number of hydrogen-bond donors (Lipinski definition) is 0. The van der Waals surface area contributed by atoms with Crippen molar-refractivity contribution < 1.29 is 4.79 Å². The molecule has 0 N–H and O–H groups in total. The average Bonchev–Trinajstić information content (AvgIpc) is 2.77. The molecule has 0 spiro atoms. The van der Waals surface area contributed by atoms with E-state index in [1.165, 1.54) is 8.79 Å². The summed E-state index contributed by atoms with van der Waals surface area (Å²) < 4.78 is 2.48. The molecule has 0 aromatic heterocycles. The van der Waals surface area contributed by atoms with E-state index in [0.717, 1.165) is 48.7 Å². The predicted molar refractivity (Wildman–Crippen MR) is 138 cm³/mol. The van der Waals surface area contributed by atoms with Crippen LogP contribution in [0.3, 0.4) is 0 Å². The van der Waals surface area contributed by atoms with Gasteiger partial charge in [0, 0.05) is 0 Å². The Bertz CT molecular complexity index is 938. The van der Waals surface area contributed by atoms with Crippen LogP contribution in [0, 0.1) is 0 Å². The third kappa shape index (κ3) is 4.33. The fraction of sp³-hybridized carbons (Fsp3) is 0.222. The molecule has 3 rings (SSSR count). The van der Waals surface area contributed by atoms with E-state index in [4.69, 9.17) is 0 Å². The van der Waals surface area contributed by atoms with E-state index in [1.54, 1.807) is 0 Å². The molecule has 31 heavy (non-hydrogen) atoms. The Hall–Kier alpha value is -2.79. The zero-order chi connectivity index (χ0) is 22.6. The van der Waals surface area contributed by atoms with Crippen molar-refractivity contribution in [1.29, 1.82) is 0 Å². The number of fused-ring (bicyclic) bond motifs is 2. The van der Waals surface area contributed by atoms with Crippen LogP contribution in [0.5, 0.6) is 0 Å². The van der Waals surface area contributed by atoms with Gasteiger partial charge in [-0.2, -0.15) is 0 Å². The van der Waals surface area contributed by atoms with E-state index < -0.39 is 13.3 Å². The molecule has 0 saturated heterocycles. The molecule has 0 saturated carbocycles. The zero-order valence-corrected chi connectivity index (χ0v) is 20.8. The Morgan fingerprint density at radius 1 is 0.710 bits per heavy atom. The molecule has 3 nitrogen and oxygen atoms in total. The van der Waals surface area contributed by atoms with E-state index in [9.17, 15) is 4.79 Å². The number of carbonyl (C=O) groups is 1. The van der Waals surface area contributed by atoms with Gasteiger partial charge in [0.15, 0.2) is 0 Å². The quantitative estimate of drug-likeness (QED) is 0.378. The summed E-state index contributed by atoms with van der Waals surface area (Å²) in [7, 11) is 0. The molecule has 1 aliphatic rings. The van der Waals surface area contributed by atoms with Gasteiger partial charge < -0.3 is 0 Å². The summed E-state index contributed by atoms with van der Waals surface area (Å²) in [6.45, 7) is 18.5. The van der Waals surface area contributed by atoms with Gasteiger partial charge in [-0.15, -0.1) is 0 Å². The van der Waals surface area contributed by atoms with E-state index in [1.807, 2.05) is 36.4 Å². The van der Waals surface area contributed by atoms with Crippen LogP contribution in [0.15, 0.2) is 87.0 Å². The number of rotatable bonds is 10. The summed E-state index contributed by atoms with van der Waals surface area (Å²) in [5.74, 6) is 4.90. The molecule has 0 aliphatic carbocycles. The minimum absolute atomic E-state index is 0.131. The van der Waals surface area contributed by atoms with Gasteiger partial charge in [0.25, 0.3) is 0 Å². The molecule has 0 atom stereocenters. The maximum absolute atomic E-state index is 13.4. The van der Waals surface area contributed by atoms with Crippen LogP contribution in [0.2, 0.25) is 11.5 Å². The number of benzene rings is 2. The monoisotopic (exact) mass is 474 g/mol. The molecular formula is C27H32GeN2O. The van der Waals surface area contributed by atoms with Crippen LogP contribution in [0.25, 0.3) is 0 Å². The Kier molecular flexibility index (Phi) is 7.06. The summed E-state index contributed by atoms with van der Waals surface area (Å²) in [5, 5.41) is 0. The first kappa shape index (κ1) is 22.9. The minimum atomic E-state index is -2.72. The molecule has 160 valence electrons. The van der Waals surface area contributed by atoms with E-state index in [2.05, 4.69) is 71.9 Å². The first-order valence-electron chi connectivity index (χ1n) is 10.7. The first-order chi connectivity index (χ1) is 14.9. The van der Waals surface area contributed by atoms with Gasteiger partial charge in [-0.3, -0.25) is 0 Å². The van der Waals surface area contributed by atoms with E-state index in [-0.39, 0.29) is 5.78 Å². The summed E-state index contributed by atoms with van der Waals surface area (Å²) in [6, 6.07) is 12.6. The molecule has 2 aromatic rings. The Balaban J connectivity index is 2.12. The van der Waals surface area contributed by atoms with Crippen molar-refractivity contribution >= 4 is 39.2 Å². The number of ketones is 1. The van der Waals surface area contributed by atoms with Gasteiger partial charge in [0.2, 0.25) is 0 Å². The van der Waals surface area contributed by atoms with Gasteiger partial charge in [-0.25, -0.2) is 0 Å². The van der Waals surface area contributed by atoms with Crippen molar-refractivity contribution in [2.24, 2.45) is 0 Å². The van der Waals surface area contributed by atoms with Gasteiger partial charge >= 0.3 is 190 Å². The van der Waals surface area contributed by atoms with Crippen molar-refractivity contribution in [2.75, 3.05) is 36.0 Å². The molecule has 0 bridgehead atoms. The van der Waals surface area contributed by atoms with Crippen LogP contribution in [-0.4, -0.2) is 45.2 Å². The van der Waals surface area contributed by atoms with Crippen molar-refractivity contribution in [2.45, 2.75) is 11.5 Å². The SMILES string of the molecule is C=CCN(CC=C)c1ccc2[c](c1)[Ge]([CH3])([CH3])[c]1cc(N(CC=C)CC=C)ccc1C2=O. The van der Waals surface area contributed by atoms with E-state index >= 15 is 0 Å². The van der Waals surface area contributed by atoms with Gasteiger partial charge in [-0.05, 0) is 0 Å². The first-order valence-corrected chi connectivity index (χ1v) is 17.0. The van der Waals surface area contributed by atoms with Crippen LogP contribution in [0.4, 0.5) is 11.4 Å². The fourth-order valence-electron chi connectivity index (χ4n) is 4.37. The Morgan fingerprint density at radius 3 is 1.39 bits per heavy atom. The van der Waals surface area contributed by atoms with Crippen LogP contribution in [0.1, 0.15) is 15.9 Å². The van der Waals surface area contributed by atoms with Crippen molar-refractivity contribution in [3.63, 3.8) is 0 Å². The third-order valence-corrected chi connectivity index (χ3v) is 13.4. The molecule has 1 heterocycles. The molecule has 0 amide bonds. The number of anilines is 2. The molecule has 0 unspecified atom stereocenters. The van der Waals surface area contributed by atoms with Gasteiger partial charge in [0.1, 0.15) is 0 Å². The standard InChI is InChI=1S/C27H32GeN2O/c1-7-15-29(16-8-2)21-11-13-23-25(19-21)28(5,6)26-20-22(12-14-24(26)27(23)31)30(17-9-3)18-10-4/h7-14,19-20H,1-4,15-18H2,5-6H3. The zero-order valence-electron chi connectivity index (χ0n) is 18.7. The summed E-state index contributed by atoms with van der Waals surface area (Å²) in [4.78, 5) is 17.9. The number of nitrogens with zero attached hydrogens (tertiary/aromatic N) is 2. The van der Waals surface area contributed by atoms with Gasteiger partial charge in [-0.1, -0.05) is 0 Å². The molecule has 4 heteroatoms. The normalized spacial score (nSPS) is 13.5. The molecular weight excluding hydrogens is 441 g/mol. The van der Waals surface area contributed by atoms with Crippen molar-refractivity contribution in [3.05, 3.63) is 98.1 Å². The second kappa shape index (κ2) is 9.57. The van der Waals surface area contributed by atoms with Crippen LogP contribution in [-0.2, 0) is 0 Å². The van der Waals surface area contributed by atoms with Crippen LogP contribution >= 0.6 is 0 Å². The Morgan fingerprint density at radius 2 is 1.06 bits per heavy atom. The molecule has 0 radical (unpaired) electrons.